The fraction of sp³-hybridized carbons (Fsp3) is 0.370. The van der Waals surface area contributed by atoms with Crippen LogP contribution in [0.4, 0.5) is 5.69 Å². The fourth-order valence-corrected chi connectivity index (χ4v) is 4.03. The highest BCUT2D eigenvalue weighted by molar-refractivity contribution is 6.02. The van der Waals surface area contributed by atoms with Crippen LogP contribution >= 0.6 is 0 Å². The van der Waals surface area contributed by atoms with Crippen LogP contribution in [0.15, 0.2) is 54.6 Å². The van der Waals surface area contributed by atoms with Gasteiger partial charge in [-0.05, 0) is 42.2 Å². The maximum absolute atomic E-state index is 13.4. The molecular weight excluding hydrogens is 446 g/mol. The van der Waals surface area contributed by atoms with Crippen molar-refractivity contribution in [2.75, 3.05) is 26.1 Å². The van der Waals surface area contributed by atoms with Gasteiger partial charge in [-0.2, -0.15) is 0 Å². The smallest absolute Gasteiger partial charge is 0.251 e. The molecule has 186 valence electrons. The summed E-state index contributed by atoms with van der Waals surface area (Å²) in [6, 6.07) is 13.4. The second-order valence-corrected chi connectivity index (χ2v) is 8.87. The van der Waals surface area contributed by atoms with E-state index >= 15 is 0 Å². The molecule has 3 N–H and O–H groups in total. The number of rotatable bonds is 4. The minimum atomic E-state index is -0.743. The number of nitrogens with one attached hydrogen (secondary N) is 3. The van der Waals surface area contributed by atoms with E-state index in [1.807, 2.05) is 32.0 Å². The van der Waals surface area contributed by atoms with Gasteiger partial charge in [-0.15, -0.1) is 0 Å². The van der Waals surface area contributed by atoms with Crippen LogP contribution in [0.2, 0.25) is 0 Å². The Morgan fingerprint density at radius 3 is 2.46 bits per heavy atom. The van der Waals surface area contributed by atoms with E-state index in [2.05, 4.69) is 16.0 Å². The lowest BCUT2D eigenvalue weighted by Crippen LogP contribution is -2.44. The molecule has 0 aromatic heterocycles. The van der Waals surface area contributed by atoms with Gasteiger partial charge in [0.15, 0.2) is 0 Å². The lowest BCUT2D eigenvalue weighted by atomic mass is 10.00. The molecule has 0 spiro atoms. The van der Waals surface area contributed by atoms with Crippen LogP contribution in [0.3, 0.4) is 0 Å². The Kier molecular flexibility index (Phi) is 9.17. The number of carbonyl (C=O) groups is 3. The quantitative estimate of drug-likeness (QED) is 0.624. The summed E-state index contributed by atoms with van der Waals surface area (Å²) >= 11 is 0. The standard InChI is InChI=1S/C27H33N3O5/c1-17(2)14-22-27(33)29-21-11-6-5-10-20(21)25(35-4)23(34-3)16-28-24(31)13-12-18-8-7-9-19(15-18)26(32)30-22/h5-13,15,17,22-23,25H,14,16H2,1-4H3,(H,28,31)(H,29,33)(H,30,32)/b13-12+/t22-,23+,25+/m0/s1. The molecule has 35 heavy (non-hydrogen) atoms. The van der Waals surface area contributed by atoms with Crippen LogP contribution in [0.25, 0.3) is 6.08 Å². The van der Waals surface area contributed by atoms with Crippen molar-refractivity contribution in [2.24, 2.45) is 5.92 Å². The largest absolute Gasteiger partial charge is 0.377 e. The van der Waals surface area contributed by atoms with Crippen molar-refractivity contribution in [3.63, 3.8) is 0 Å². The van der Waals surface area contributed by atoms with Gasteiger partial charge in [0.25, 0.3) is 5.91 Å². The molecule has 3 atom stereocenters. The Bertz CT molecular complexity index is 1080. The zero-order chi connectivity index (χ0) is 25.4. The van der Waals surface area contributed by atoms with E-state index in [-0.39, 0.29) is 30.2 Å². The van der Waals surface area contributed by atoms with Gasteiger partial charge in [0.1, 0.15) is 18.2 Å². The third kappa shape index (κ3) is 7.00. The number of methoxy groups -OCH3 is 2. The Morgan fingerprint density at radius 2 is 1.74 bits per heavy atom. The SMILES string of the molecule is CO[C@@H]1c2ccccc2NC(=O)[C@H](CC(C)C)NC(=O)c2cccc(c2)/C=C/C(=O)NC[C@H]1OC. The van der Waals surface area contributed by atoms with E-state index in [9.17, 15) is 14.4 Å². The van der Waals surface area contributed by atoms with E-state index in [1.54, 1.807) is 50.6 Å². The predicted molar refractivity (Wildman–Crippen MR) is 135 cm³/mol. The van der Waals surface area contributed by atoms with Gasteiger partial charge in [-0.1, -0.05) is 44.2 Å². The maximum Gasteiger partial charge on any atom is 0.251 e. The van der Waals surface area contributed by atoms with Gasteiger partial charge in [0.2, 0.25) is 11.8 Å². The van der Waals surface area contributed by atoms with Crippen molar-refractivity contribution in [1.82, 2.24) is 10.6 Å². The average molecular weight is 480 g/mol. The highest BCUT2D eigenvalue weighted by Gasteiger charge is 2.28. The topological polar surface area (TPSA) is 106 Å². The highest BCUT2D eigenvalue weighted by Crippen LogP contribution is 2.29. The first-order valence-corrected chi connectivity index (χ1v) is 11.6. The molecule has 8 heteroatoms. The predicted octanol–water partition coefficient (Wildman–Crippen LogP) is 3.32. The van der Waals surface area contributed by atoms with Crippen LogP contribution in [0.1, 0.15) is 47.9 Å². The minimum Gasteiger partial charge on any atom is -0.377 e. The summed E-state index contributed by atoms with van der Waals surface area (Å²) in [4.78, 5) is 38.8. The first-order valence-electron chi connectivity index (χ1n) is 11.6. The highest BCUT2D eigenvalue weighted by atomic mass is 16.5. The zero-order valence-corrected chi connectivity index (χ0v) is 20.5. The van der Waals surface area contributed by atoms with Crippen molar-refractivity contribution in [1.29, 1.82) is 0 Å². The second-order valence-electron chi connectivity index (χ2n) is 8.87. The van der Waals surface area contributed by atoms with Crippen molar-refractivity contribution in [2.45, 2.75) is 38.5 Å². The summed E-state index contributed by atoms with van der Waals surface area (Å²) in [6.45, 7) is 4.18. The molecule has 1 aliphatic heterocycles. The van der Waals surface area contributed by atoms with Crippen LogP contribution in [-0.4, -0.2) is 50.6 Å². The van der Waals surface area contributed by atoms with Crippen molar-refractivity contribution >= 4 is 29.5 Å². The number of carbonyl (C=O) groups excluding carboxylic acids is 3. The minimum absolute atomic E-state index is 0.173. The number of fused-ring (bicyclic) bond motifs is 3. The van der Waals surface area contributed by atoms with Crippen molar-refractivity contribution < 1.29 is 23.9 Å². The summed E-state index contributed by atoms with van der Waals surface area (Å²) in [5.74, 6) is -0.819. The molecule has 2 aromatic rings. The monoisotopic (exact) mass is 479 g/mol. The fourth-order valence-electron chi connectivity index (χ4n) is 4.03. The zero-order valence-electron chi connectivity index (χ0n) is 20.5. The number of hydrogen-bond acceptors (Lipinski definition) is 5. The molecule has 0 saturated heterocycles. The normalized spacial score (nSPS) is 22.4. The molecule has 0 unspecified atom stereocenters. The summed E-state index contributed by atoms with van der Waals surface area (Å²) in [5.41, 5.74) is 2.34. The van der Waals surface area contributed by atoms with E-state index in [0.717, 1.165) is 0 Å². The van der Waals surface area contributed by atoms with Crippen molar-refractivity contribution in [3.05, 3.63) is 71.3 Å². The van der Waals surface area contributed by atoms with Crippen LogP contribution in [-0.2, 0) is 19.1 Å². The first-order chi connectivity index (χ1) is 16.8. The van der Waals surface area contributed by atoms with Gasteiger partial charge >= 0.3 is 0 Å². The summed E-state index contributed by atoms with van der Waals surface area (Å²) < 4.78 is 11.4. The number of ether oxygens (including phenoxy) is 2. The molecule has 1 aliphatic rings. The van der Waals surface area contributed by atoms with Crippen LogP contribution in [0, 0.1) is 5.92 Å². The van der Waals surface area contributed by atoms with Crippen LogP contribution in [0.5, 0.6) is 0 Å². The molecule has 0 aliphatic carbocycles. The molecular formula is C27H33N3O5. The number of benzene rings is 2. The van der Waals surface area contributed by atoms with E-state index in [0.29, 0.717) is 28.8 Å². The van der Waals surface area contributed by atoms with Crippen LogP contribution < -0.4 is 16.0 Å². The van der Waals surface area contributed by atoms with E-state index in [1.165, 1.54) is 6.08 Å². The lowest BCUT2D eigenvalue weighted by molar-refractivity contribution is -0.118. The average Bonchev–Trinajstić information content (AvgIpc) is 2.84. The molecule has 8 nitrogen and oxygen atoms in total. The van der Waals surface area contributed by atoms with E-state index < -0.39 is 18.2 Å². The molecule has 3 amide bonds. The molecule has 2 bridgehead atoms. The number of amides is 3. The third-order valence-electron chi connectivity index (χ3n) is 5.80. The molecule has 1 heterocycles. The Labute approximate surface area is 206 Å². The van der Waals surface area contributed by atoms with Gasteiger partial charge < -0.3 is 25.4 Å². The Morgan fingerprint density at radius 1 is 0.971 bits per heavy atom. The van der Waals surface area contributed by atoms with Crippen molar-refractivity contribution in [3.8, 4) is 0 Å². The lowest BCUT2D eigenvalue weighted by Gasteiger charge is -2.28. The molecule has 0 fully saturated rings. The van der Waals surface area contributed by atoms with Gasteiger partial charge in [-0.3, -0.25) is 14.4 Å². The Hall–Kier alpha value is -3.49. The third-order valence-corrected chi connectivity index (χ3v) is 5.80. The summed E-state index contributed by atoms with van der Waals surface area (Å²) in [5, 5.41) is 8.67. The molecule has 3 rings (SSSR count). The Balaban J connectivity index is 2.04. The molecule has 2 aromatic carbocycles. The molecule has 0 radical (unpaired) electrons. The number of anilines is 1. The summed E-state index contributed by atoms with van der Waals surface area (Å²) in [7, 11) is 3.09. The van der Waals surface area contributed by atoms with Gasteiger partial charge in [0, 0.05) is 43.7 Å². The number of hydrogen-bond donors (Lipinski definition) is 3. The molecule has 0 saturated carbocycles. The van der Waals surface area contributed by atoms with E-state index in [4.69, 9.17) is 9.47 Å². The van der Waals surface area contributed by atoms with Gasteiger partial charge in [0.05, 0.1) is 0 Å². The maximum atomic E-state index is 13.4. The first kappa shape index (κ1) is 26.1. The van der Waals surface area contributed by atoms with Gasteiger partial charge in [-0.25, -0.2) is 0 Å². The second kappa shape index (κ2) is 12.3. The summed E-state index contributed by atoms with van der Waals surface area (Å²) in [6.07, 6.45) is 2.43. The number of para-hydroxylation sites is 1.